The van der Waals surface area contributed by atoms with Crippen LogP contribution < -0.4 is 5.32 Å². The quantitative estimate of drug-likeness (QED) is 0.616. The highest BCUT2D eigenvalue weighted by atomic mass is 35.5. The molecule has 11 heavy (non-hydrogen) atoms. The highest BCUT2D eigenvalue weighted by Gasteiger charge is 2.04. The van der Waals surface area contributed by atoms with Gasteiger partial charge in [0.15, 0.2) is 0 Å². The van der Waals surface area contributed by atoms with E-state index >= 15 is 0 Å². The van der Waals surface area contributed by atoms with Gasteiger partial charge >= 0.3 is 0 Å². The van der Waals surface area contributed by atoms with Gasteiger partial charge in [0, 0.05) is 18.0 Å². The van der Waals surface area contributed by atoms with E-state index in [-0.39, 0.29) is 0 Å². The van der Waals surface area contributed by atoms with Gasteiger partial charge in [0.05, 0.1) is 0 Å². The highest BCUT2D eigenvalue weighted by Crippen LogP contribution is 1.99. The van der Waals surface area contributed by atoms with Crippen LogP contribution >= 0.6 is 11.6 Å². The molecule has 2 unspecified atom stereocenters. The Morgan fingerprint density at radius 2 is 1.73 bits per heavy atom. The zero-order valence-corrected chi connectivity index (χ0v) is 8.62. The van der Waals surface area contributed by atoms with E-state index in [0.717, 1.165) is 12.3 Å². The normalized spacial score (nSPS) is 16.4. The molecule has 0 saturated heterocycles. The highest BCUT2D eigenvalue weighted by molar-refractivity contribution is 6.17. The van der Waals surface area contributed by atoms with Gasteiger partial charge < -0.3 is 5.32 Å². The van der Waals surface area contributed by atoms with Crippen molar-refractivity contribution in [3.63, 3.8) is 0 Å². The van der Waals surface area contributed by atoms with Crippen LogP contribution in [0, 0.1) is 0 Å². The second kappa shape index (κ2) is 6.93. The predicted octanol–water partition coefficient (Wildman–Crippen LogP) is 2.78. The third-order valence-corrected chi connectivity index (χ3v) is 2.05. The maximum atomic E-state index is 5.62. The van der Waals surface area contributed by atoms with Gasteiger partial charge in [-0.05, 0) is 26.7 Å². The molecule has 0 aromatic carbocycles. The second-order valence-electron chi connectivity index (χ2n) is 3.24. The molecule has 0 rings (SSSR count). The van der Waals surface area contributed by atoms with Crippen LogP contribution in [0.25, 0.3) is 0 Å². The Hall–Kier alpha value is 0.250. The summed E-state index contributed by atoms with van der Waals surface area (Å²) < 4.78 is 0. The Bertz CT molecular complexity index is 75.6. The molecule has 0 bridgehead atoms. The van der Waals surface area contributed by atoms with Crippen LogP contribution in [0.15, 0.2) is 0 Å². The second-order valence-corrected chi connectivity index (χ2v) is 3.61. The maximum absolute atomic E-state index is 5.62. The summed E-state index contributed by atoms with van der Waals surface area (Å²) in [5.41, 5.74) is 0. The first-order chi connectivity index (χ1) is 5.20. The van der Waals surface area contributed by atoms with Gasteiger partial charge in [-0.15, -0.1) is 11.6 Å². The molecule has 0 aromatic rings. The molecule has 1 N–H and O–H groups in total. The summed E-state index contributed by atoms with van der Waals surface area (Å²) >= 11 is 5.62. The molecule has 0 aliphatic heterocycles. The first-order valence-electron chi connectivity index (χ1n) is 4.52. The van der Waals surface area contributed by atoms with Crippen LogP contribution in [0.2, 0.25) is 0 Å². The summed E-state index contributed by atoms with van der Waals surface area (Å²) in [6, 6.07) is 1.20. The van der Waals surface area contributed by atoms with Crippen molar-refractivity contribution in [2.45, 2.75) is 52.1 Å². The third-order valence-electron chi connectivity index (χ3n) is 1.83. The average molecular weight is 178 g/mol. The van der Waals surface area contributed by atoms with Crippen molar-refractivity contribution in [2.24, 2.45) is 0 Å². The van der Waals surface area contributed by atoms with Crippen molar-refractivity contribution in [3.05, 3.63) is 0 Å². The zero-order valence-electron chi connectivity index (χ0n) is 7.86. The van der Waals surface area contributed by atoms with Crippen molar-refractivity contribution >= 4 is 11.6 Å². The Balaban J connectivity index is 3.32. The van der Waals surface area contributed by atoms with Crippen molar-refractivity contribution in [2.75, 3.05) is 5.88 Å². The SMILES string of the molecule is CCCC(C)NC(C)CCCl. The summed E-state index contributed by atoms with van der Waals surface area (Å²) in [7, 11) is 0. The first kappa shape index (κ1) is 11.2. The van der Waals surface area contributed by atoms with E-state index in [0.29, 0.717) is 12.1 Å². The van der Waals surface area contributed by atoms with Crippen molar-refractivity contribution < 1.29 is 0 Å². The lowest BCUT2D eigenvalue weighted by Crippen LogP contribution is -2.34. The summed E-state index contributed by atoms with van der Waals surface area (Å²) in [5, 5.41) is 3.50. The van der Waals surface area contributed by atoms with Crippen LogP contribution in [0.5, 0.6) is 0 Å². The van der Waals surface area contributed by atoms with Crippen LogP contribution in [-0.2, 0) is 0 Å². The van der Waals surface area contributed by atoms with E-state index in [1.807, 2.05) is 0 Å². The van der Waals surface area contributed by atoms with E-state index in [4.69, 9.17) is 11.6 Å². The minimum absolute atomic E-state index is 0.564. The Morgan fingerprint density at radius 1 is 1.18 bits per heavy atom. The maximum Gasteiger partial charge on any atom is 0.0238 e. The average Bonchev–Trinajstić information content (AvgIpc) is 1.87. The Labute approximate surface area is 75.5 Å². The molecular weight excluding hydrogens is 158 g/mol. The number of rotatable bonds is 6. The van der Waals surface area contributed by atoms with Crippen molar-refractivity contribution in [1.82, 2.24) is 5.32 Å². The molecular formula is C9H20ClN. The fourth-order valence-corrected chi connectivity index (χ4v) is 1.58. The molecule has 0 amide bonds. The first-order valence-corrected chi connectivity index (χ1v) is 5.06. The smallest absolute Gasteiger partial charge is 0.0238 e. The van der Waals surface area contributed by atoms with E-state index in [1.165, 1.54) is 12.8 Å². The third kappa shape index (κ3) is 6.64. The minimum Gasteiger partial charge on any atom is -0.312 e. The fraction of sp³-hybridized carbons (Fsp3) is 1.00. The minimum atomic E-state index is 0.564. The molecule has 0 aliphatic rings. The Kier molecular flexibility index (Phi) is 7.09. The summed E-state index contributed by atoms with van der Waals surface area (Å²) in [4.78, 5) is 0. The van der Waals surface area contributed by atoms with Crippen LogP contribution in [-0.4, -0.2) is 18.0 Å². The molecule has 0 aromatic heterocycles. The van der Waals surface area contributed by atoms with Gasteiger partial charge in [-0.25, -0.2) is 0 Å². The van der Waals surface area contributed by atoms with Crippen LogP contribution in [0.3, 0.4) is 0 Å². The molecule has 0 spiro atoms. The lowest BCUT2D eigenvalue weighted by Gasteiger charge is -2.18. The summed E-state index contributed by atoms with van der Waals surface area (Å²) in [5.74, 6) is 0.757. The molecule has 0 saturated carbocycles. The molecule has 0 heterocycles. The van der Waals surface area contributed by atoms with Gasteiger partial charge in [-0.1, -0.05) is 13.3 Å². The Morgan fingerprint density at radius 3 is 2.18 bits per heavy atom. The molecule has 0 aliphatic carbocycles. The van der Waals surface area contributed by atoms with Gasteiger partial charge in [-0.2, -0.15) is 0 Å². The van der Waals surface area contributed by atoms with Gasteiger partial charge in [0.2, 0.25) is 0 Å². The lowest BCUT2D eigenvalue weighted by atomic mass is 10.1. The van der Waals surface area contributed by atoms with Crippen molar-refractivity contribution in [1.29, 1.82) is 0 Å². The monoisotopic (exact) mass is 177 g/mol. The fourth-order valence-electron chi connectivity index (χ4n) is 1.25. The standard InChI is InChI=1S/C9H20ClN/c1-4-5-8(2)11-9(3)6-7-10/h8-9,11H,4-7H2,1-3H3. The molecule has 2 atom stereocenters. The number of halogens is 1. The van der Waals surface area contributed by atoms with Crippen LogP contribution in [0.4, 0.5) is 0 Å². The molecule has 2 heteroatoms. The topological polar surface area (TPSA) is 12.0 Å². The summed E-state index contributed by atoms with van der Waals surface area (Å²) in [6.45, 7) is 6.63. The number of nitrogens with one attached hydrogen (secondary N) is 1. The number of hydrogen-bond donors (Lipinski definition) is 1. The van der Waals surface area contributed by atoms with E-state index in [2.05, 4.69) is 26.1 Å². The molecule has 0 fully saturated rings. The van der Waals surface area contributed by atoms with E-state index in [1.54, 1.807) is 0 Å². The molecule has 1 nitrogen and oxygen atoms in total. The number of alkyl halides is 1. The van der Waals surface area contributed by atoms with E-state index in [9.17, 15) is 0 Å². The summed E-state index contributed by atoms with van der Waals surface area (Å²) in [6.07, 6.45) is 3.57. The predicted molar refractivity (Wildman–Crippen MR) is 52.3 cm³/mol. The van der Waals surface area contributed by atoms with Gasteiger partial charge in [0.25, 0.3) is 0 Å². The van der Waals surface area contributed by atoms with Crippen molar-refractivity contribution in [3.8, 4) is 0 Å². The van der Waals surface area contributed by atoms with Gasteiger partial charge in [0.1, 0.15) is 0 Å². The lowest BCUT2D eigenvalue weighted by molar-refractivity contribution is 0.436. The zero-order chi connectivity index (χ0) is 8.69. The van der Waals surface area contributed by atoms with E-state index < -0.39 is 0 Å². The van der Waals surface area contributed by atoms with Crippen LogP contribution in [0.1, 0.15) is 40.0 Å². The molecule has 68 valence electrons. The molecule has 0 radical (unpaired) electrons. The van der Waals surface area contributed by atoms with Gasteiger partial charge in [-0.3, -0.25) is 0 Å². The number of hydrogen-bond acceptors (Lipinski definition) is 1. The largest absolute Gasteiger partial charge is 0.312 e.